The van der Waals surface area contributed by atoms with Crippen LogP contribution >= 0.6 is 22.6 Å². The van der Waals surface area contributed by atoms with Gasteiger partial charge in [-0.15, -0.1) is 0 Å². The molecule has 1 aromatic carbocycles. The van der Waals surface area contributed by atoms with E-state index >= 15 is 0 Å². The molecule has 0 heterocycles. The molecule has 1 nitrogen and oxygen atoms in total. The zero-order valence-corrected chi connectivity index (χ0v) is 15.0. The van der Waals surface area contributed by atoms with Crippen molar-refractivity contribution in [2.24, 2.45) is 17.3 Å². The van der Waals surface area contributed by atoms with Crippen molar-refractivity contribution in [1.82, 2.24) is 0 Å². The smallest absolute Gasteiger partial charge is 0.119 e. The van der Waals surface area contributed by atoms with Gasteiger partial charge in [0.25, 0.3) is 0 Å². The number of benzene rings is 1. The zero-order chi connectivity index (χ0) is 14.6. The number of rotatable bonds is 1. The molecule has 1 aromatic rings. The van der Waals surface area contributed by atoms with Gasteiger partial charge in [-0.2, -0.15) is 0 Å². The van der Waals surface area contributed by atoms with Gasteiger partial charge in [-0.1, -0.05) is 19.1 Å². The average molecular weight is 394 g/mol. The highest BCUT2D eigenvalue weighted by Gasteiger charge is 2.51. The molecule has 0 unspecified atom stereocenters. The predicted octanol–water partition coefficient (Wildman–Crippen LogP) is 5.48. The Hall–Kier alpha value is -0.510. The maximum absolute atomic E-state index is 5.41. The highest BCUT2D eigenvalue weighted by molar-refractivity contribution is 14.1. The molecule has 3 aliphatic rings. The van der Waals surface area contributed by atoms with Crippen LogP contribution in [0, 0.1) is 17.3 Å². The molecule has 0 radical (unpaired) electrons. The molecule has 1 fully saturated rings. The van der Waals surface area contributed by atoms with Crippen LogP contribution in [0.3, 0.4) is 0 Å². The molecule has 4 atom stereocenters. The van der Waals surface area contributed by atoms with Crippen LogP contribution in [0.25, 0.3) is 0 Å². The number of hydrogen-bond acceptors (Lipinski definition) is 1. The molecule has 0 N–H and O–H groups in total. The van der Waals surface area contributed by atoms with Crippen LogP contribution < -0.4 is 4.74 Å². The number of halogens is 1. The van der Waals surface area contributed by atoms with Crippen LogP contribution in [0.5, 0.6) is 5.75 Å². The molecule has 4 rings (SSSR count). The molecular formula is C19H23IO. The normalized spacial score (nSPS) is 37.3. The Morgan fingerprint density at radius 3 is 2.95 bits per heavy atom. The molecule has 2 heteroatoms. The van der Waals surface area contributed by atoms with Crippen molar-refractivity contribution < 1.29 is 4.74 Å². The van der Waals surface area contributed by atoms with Crippen LogP contribution in [0.4, 0.5) is 0 Å². The van der Waals surface area contributed by atoms with E-state index in [4.69, 9.17) is 4.74 Å². The fourth-order valence-corrected chi connectivity index (χ4v) is 6.12. The van der Waals surface area contributed by atoms with Crippen molar-refractivity contribution in [3.63, 3.8) is 0 Å². The second-order valence-corrected chi connectivity index (χ2v) is 8.39. The van der Waals surface area contributed by atoms with Gasteiger partial charge in [-0.3, -0.25) is 0 Å². The van der Waals surface area contributed by atoms with Gasteiger partial charge < -0.3 is 4.74 Å². The summed E-state index contributed by atoms with van der Waals surface area (Å²) >= 11 is 2.60. The molecule has 0 bridgehead atoms. The Balaban J connectivity index is 1.69. The number of ether oxygens (including phenoxy) is 1. The third-order valence-electron chi connectivity index (χ3n) is 6.42. The average Bonchev–Trinajstić information content (AvgIpc) is 2.82. The summed E-state index contributed by atoms with van der Waals surface area (Å²) in [6.07, 6.45) is 9.13. The Bertz CT molecular complexity index is 606. The van der Waals surface area contributed by atoms with E-state index < -0.39 is 0 Å². The number of fused-ring (bicyclic) bond motifs is 5. The quantitative estimate of drug-likeness (QED) is 0.573. The van der Waals surface area contributed by atoms with Gasteiger partial charge in [0.1, 0.15) is 5.75 Å². The van der Waals surface area contributed by atoms with E-state index in [9.17, 15) is 0 Å². The van der Waals surface area contributed by atoms with E-state index in [0.29, 0.717) is 5.41 Å². The summed E-state index contributed by atoms with van der Waals surface area (Å²) in [5, 5.41) is 0. The maximum Gasteiger partial charge on any atom is 0.119 e. The standard InChI is InChI=1S/C19H23IO/c1-19-10-9-15-14-6-4-13(21-2)11-12(14)3-5-16(15)17(19)7-8-18(19)20/h4,6,8,11,15-17H,3,5,7,9-10H2,1-2H3/t15-,16+,17+,19-/m0/s1. The first-order chi connectivity index (χ1) is 10.1. The second kappa shape index (κ2) is 5.00. The predicted molar refractivity (Wildman–Crippen MR) is 95.1 cm³/mol. The minimum atomic E-state index is 0.478. The van der Waals surface area contributed by atoms with E-state index in [1.165, 1.54) is 32.1 Å². The van der Waals surface area contributed by atoms with Crippen molar-refractivity contribution >= 4 is 22.6 Å². The lowest BCUT2D eigenvalue weighted by Crippen LogP contribution is -2.40. The van der Waals surface area contributed by atoms with Crippen LogP contribution in [0.2, 0.25) is 0 Å². The van der Waals surface area contributed by atoms with Gasteiger partial charge in [0, 0.05) is 5.41 Å². The second-order valence-electron chi connectivity index (χ2n) is 7.22. The van der Waals surface area contributed by atoms with Crippen molar-refractivity contribution in [3.8, 4) is 5.75 Å². The first kappa shape index (κ1) is 14.1. The summed E-state index contributed by atoms with van der Waals surface area (Å²) < 4.78 is 7.04. The molecule has 21 heavy (non-hydrogen) atoms. The van der Waals surface area contributed by atoms with Gasteiger partial charge in [-0.25, -0.2) is 0 Å². The van der Waals surface area contributed by atoms with Crippen LogP contribution in [-0.4, -0.2) is 7.11 Å². The lowest BCUT2D eigenvalue weighted by molar-refractivity contribution is 0.0815. The molecule has 1 saturated carbocycles. The molecular weight excluding hydrogens is 371 g/mol. The Kier molecular flexibility index (Phi) is 3.36. The van der Waals surface area contributed by atoms with E-state index in [1.54, 1.807) is 21.8 Å². The SMILES string of the molecule is COc1ccc2c(c1)CC[C@H]1[C@H]3CC=C(I)[C@@]3(C)CC[C@@H]21. The molecule has 3 aliphatic carbocycles. The topological polar surface area (TPSA) is 9.23 Å². The number of hydrogen-bond donors (Lipinski definition) is 0. The first-order valence-corrected chi connectivity index (χ1v) is 9.24. The molecule has 0 aliphatic heterocycles. The summed E-state index contributed by atoms with van der Waals surface area (Å²) in [4.78, 5) is 0. The summed E-state index contributed by atoms with van der Waals surface area (Å²) in [6.45, 7) is 2.52. The maximum atomic E-state index is 5.41. The monoisotopic (exact) mass is 394 g/mol. The highest BCUT2D eigenvalue weighted by Crippen LogP contribution is 2.62. The minimum Gasteiger partial charge on any atom is -0.497 e. The first-order valence-electron chi connectivity index (χ1n) is 8.16. The highest BCUT2D eigenvalue weighted by atomic mass is 127. The lowest BCUT2D eigenvalue weighted by atomic mass is 9.56. The minimum absolute atomic E-state index is 0.478. The molecule has 0 saturated heterocycles. The summed E-state index contributed by atoms with van der Waals surface area (Å²) in [5.74, 6) is 3.56. The fraction of sp³-hybridized carbons (Fsp3) is 0.579. The number of aryl methyl sites for hydroxylation is 1. The molecule has 0 aromatic heterocycles. The van der Waals surface area contributed by atoms with E-state index in [0.717, 1.165) is 23.5 Å². The Morgan fingerprint density at radius 1 is 1.29 bits per heavy atom. The third kappa shape index (κ3) is 2.01. The van der Waals surface area contributed by atoms with Gasteiger partial charge in [0.15, 0.2) is 0 Å². The van der Waals surface area contributed by atoms with Crippen molar-refractivity contribution in [2.75, 3.05) is 7.11 Å². The zero-order valence-electron chi connectivity index (χ0n) is 12.9. The van der Waals surface area contributed by atoms with Gasteiger partial charge in [0.2, 0.25) is 0 Å². The van der Waals surface area contributed by atoms with Gasteiger partial charge in [-0.05, 0) is 99.3 Å². The summed E-state index contributed by atoms with van der Waals surface area (Å²) in [5.41, 5.74) is 3.64. The molecule has 0 spiro atoms. The number of methoxy groups -OCH3 is 1. The summed E-state index contributed by atoms with van der Waals surface area (Å²) in [7, 11) is 1.77. The Morgan fingerprint density at radius 2 is 2.14 bits per heavy atom. The van der Waals surface area contributed by atoms with E-state index in [-0.39, 0.29) is 0 Å². The number of allylic oxidation sites excluding steroid dienone is 2. The van der Waals surface area contributed by atoms with Crippen LogP contribution in [0.15, 0.2) is 27.9 Å². The van der Waals surface area contributed by atoms with E-state index in [1.807, 2.05) is 0 Å². The summed E-state index contributed by atoms with van der Waals surface area (Å²) in [6, 6.07) is 6.78. The molecule has 0 amide bonds. The van der Waals surface area contributed by atoms with Gasteiger partial charge in [0.05, 0.1) is 7.11 Å². The lowest BCUT2D eigenvalue weighted by Gasteiger charge is -2.49. The largest absolute Gasteiger partial charge is 0.497 e. The van der Waals surface area contributed by atoms with Crippen molar-refractivity contribution in [2.45, 2.75) is 44.9 Å². The third-order valence-corrected chi connectivity index (χ3v) is 8.09. The molecule has 112 valence electrons. The van der Waals surface area contributed by atoms with Crippen LogP contribution in [-0.2, 0) is 6.42 Å². The van der Waals surface area contributed by atoms with Crippen molar-refractivity contribution in [3.05, 3.63) is 39.0 Å². The van der Waals surface area contributed by atoms with Crippen LogP contribution in [0.1, 0.15) is 49.7 Å². The fourth-order valence-electron chi connectivity index (χ4n) is 5.20. The van der Waals surface area contributed by atoms with Gasteiger partial charge >= 0.3 is 0 Å². The van der Waals surface area contributed by atoms with Crippen molar-refractivity contribution in [1.29, 1.82) is 0 Å². The Labute approximate surface area is 141 Å². The van der Waals surface area contributed by atoms with E-state index in [2.05, 4.69) is 53.8 Å².